The number of carbonyl (C=O) groups excluding carboxylic acids is 1. The lowest BCUT2D eigenvalue weighted by molar-refractivity contribution is 0.0950. The van der Waals surface area contributed by atoms with E-state index in [-0.39, 0.29) is 5.91 Å². The van der Waals surface area contributed by atoms with Gasteiger partial charge < -0.3 is 10.2 Å². The van der Waals surface area contributed by atoms with E-state index in [0.29, 0.717) is 11.6 Å². The summed E-state index contributed by atoms with van der Waals surface area (Å²) in [6, 6.07) is 8.20. The second-order valence-corrected chi connectivity index (χ2v) is 6.84. The highest BCUT2D eigenvalue weighted by atomic mass is 16.1. The maximum Gasteiger partial charge on any atom is 0.251 e. The highest BCUT2D eigenvalue weighted by Crippen LogP contribution is 2.21. The van der Waals surface area contributed by atoms with Crippen molar-refractivity contribution in [2.45, 2.75) is 39.2 Å². The molecule has 2 heterocycles. The van der Waals surface area contributed by atoms with Gasteiger partial charge in [0.05, 0.1) is 17.1 Å². The summed E-state index contributed by atoms with van der Waals surface area (Å²) < 4.78 is 0. The molecule has 1 aromatic carbocycles. The molecule has 1 saturated heterocycles. The summed E-state index contributed by atoms with van der Waals surface area (Å²) >= 11 is 0. The van der Waals surface area contributed by atoms with Crippen molar-refractivity contribution in [1.82, 2.24) is 20.2 Å². The summed E-state index contributed by atoms with van der Waals surface area (Å²) in [5, 5.41) is 3.03. The lowest BCUT2D eigenvalue weighted by Crippen LogP contribution is -2.31. The van der Waals surface area contributed by atoms with Gasteiger partial charge in [-0.15, -0.1) is 0 Å². The molecule has 0 bridgehead atoms. The molecule has 0 radical (unpaired) electrons. The molecule has 2 aromatic rings. The second-order valence-electron chi connectivity index (χ2n) is 6.84. The number of carbonyl (C=O) groups is 1. The minimum atomic E-state index is -0.0146. The highest BCUT2D eigenvalue weighted by molar-refractivity contribution is 5.94. The van der Waals surface area contributed by atoms with Gasteiger partial charge in [0.2, 0.25) is 0 Å². The molecule has 0 unspecified atom stereocenters. The van der Waals surface area contributed by atoms with Gasteiger partial charge in [0.15, 0.2) is 0 Å². The number of nitrogens with one attached hydrogen (secondary N) is 1. The van der Waals surface area contributed by atoms with Crippen molar-refractivity contribution >= 4 is 5.91 Å². The molecule has 1 aliphatic rings. The largest absolute Gasteiger partial charge is 0.352 e. The van der Waals surface area contributed by atoms with Gasteiger partial charge in [-0.1, -0.05) is 12.1 Å². The summed E-state index contributed by atoms with van der Waals surface area (Å²) in [6.45, 7) is 5.77. The van der Waals surface area contributed by atoms with Gasteiger partial charge in [0, 0.05) is 29.9 Å². The Morgan fingerprint density at radius 1 is 1.28 bits per heavy atom. The SMILES string of the molecule is Cc1cnc(C)c(-c2ccc(C(=O)NCC[C@H]3CCCN3C)cc2)n1. The van der Waals surface area contributed by atoms with Crippen molar-refractivity contribution < 1.29 is 4.79 Å². The molecule has 1 aliphatic heterocycles. The van der Waals surface area contributed by atoms with Crippen LogP contribution in [0.3, 0.4) is 0 Å². The quantitative estimate of drug-likeness (QED) is 0.910. The Hall–Kier alpha value is -2.27. The maximum atomic E-state index is 12.3. The molecule has 1 N–H and O–H groups in total. The third-order valence-electron chi connectivity index (χ3n) is 4.93. The zero-order chi connectivity index (χ0) is 17.8. The summed E-state index contributed by atoms with van der Waals surface area (Å²) in [5.74, 6) is -0.0146. The van der Waals surface area contributed by atoms with E-state index < -0.39 is 0 Å². The van der Waals surface area contributed by atoms with E-state index in [1.54, 1.807) is 6.20 Å². The number of nitrogens with zero attached hydrogens (tertiary/aromatic N) is 3. The highest BCUT2D eigenvalue weighted by Gasteiger charge is 2.20. The van der Waals surface area contributed by atoms with Gasteiger partial charge in [-0.2, -0.15) is 0 Å². The molecule has 3 rings (SSSR count). The van der Waals surface area contributed by atoms with Gasteiger partial charge >= 0.3 is 0 Å². The number of hydrogen-bond acceptors (Lipinski definition) is 4. The number of rotatable bonds is 5. The number of hydrogen-bond donors (Lipinski definition) is 1. The van der Waals surface area contributed by atoms with E-state index in [1.807, 2.05) is 38.1 Å². The molecule has 1 atom stereocenters. The Labute approximate surface area is 149 Å². The van der Waals surface area contributed by atoms with E-state index in [0.717, 1.165) is 35.6 Å². The van der Waals surface area contributed by atoms with Crippen molar-refractivity contribution in [3.05, 3.63) is 47.4 Å². The second kappa shape index (κ2) is 7.74. The fourth-order valence-corrected chi connectivity index (χ4v) is 3.39. The lowest BCUT2D eigenvalue weighted by Gasteiger charge is -2.19. The number of aromatic nitrogens is 2. The topological polar surface area (TPSA) is 58.1 Å². The van der Waals surface area contributed by atoms with Gasteiger partial charge in [-0.25, -0.2) is 4.98 Å². The third-order valence-corrected chi connectivity index (χ3v) is 4.93. The summed E-state index contributed by atoms with van der Waals surface area (Å²) in [5.41, 5.74) is 4.32. The van der Waals surface area contributed by atoms with Crippen LogP contribution in [0.1, 0.15) is 41.0 Å². The zero-order valence-corrected chi connectivity index (χ0v) is 15.2. The lowest BCUT2D eigenvalue weighted by atomic mass is 10.1. The van der Waals surface area contributed by atoms with Crippen LogP contribution in [0.15, 0.2) is 30.5 Å². The van der Waals surface area contributed by atoms with E-state index >= 15 is 0 Å². The molecule has 0 saturated carbocycles. The molecular formula is C20H26N4O. The Bertz CT molecular complexity index is 742. The minimum absolute atomic E-state index is 0.0146. The van der Waals surface area contributed by atoms with Gasteiger partial charge in [-0.05, 0) is 58.8 Å². The Balaban J connectivity index is 1.59. The van der Waals surface area contributed by atoms with Crippen LogP contribution in [0, 0.1) is 13.8 Å². The van der Waals surface area contributed by atoms with Crippen LogP contribution in [-0.2, 0) is 0 Å². The van der Waals surface area contributed by atoms with Gasteiger partial charge in [0.25, 0.3) is 5.91 Å². The third kappa shape index (κ3) is 4.23. The number of amides is 1. The Kier molecular flexibility index (Phi) is 5.43. The van der Waals surface area contributed by atoms with Crippen molar-refractivity contribution in [1.29, 1.82) is 0 Å². The van der Waals surface area contributed by atoms with Crippen LogP contribution in [0.5, 0.6) is 0 Å². The molecule has 0 aliphatic carbocycles. The first-order valence-corrected chi connectivity index (χ1v) is 8.93. The standard InChI is InChI=1S/C20H26N4O/c1-14-13-22-15(2)19(23-14)16-6-8-17(9-7-16)20(25)21-11-10-18-5-4-12-24(18)3/h6-9,13,18H,4-5,10-12H2,1-3H3,(H,21,25)/t18-/m1/s1. The summed E-state index contributed by atoms with van der Waals surface area (Å²) in [6.07, 6.45) is 5.27. The predicted molar refractivity (Wildman–Crippen MR) is 99.5 cm³/mol. The molecule has 25 heavy (non-hydrogen) atoms. The van der Waals surface area contributed by atoms with Crippen molar-refractivity contribution in [3.63, 3.8) is 0 Å². The van der Waals surface area contributed by atoms with Crippen LogP contribution in [0.4, 0.5) is 0 Å². The van der Waals surface area contributed by atoms with Crippen LogP contribution in [-0.4, -0.2) is 47.0 Å². The number of aryl methyl sites for hydroxylation is 2. The molecule has 5 heteroatoms. The van der Waals surface area contributed by atoms with Crippen molar-refractivity contribution in [2.75, 3.05) is 20.1 Å². The monoisotopic (exact) mass is 338 g/mol. The number of benzene rings is 1. The molecular weight excluding hydrogens is 312 g/mol. The fraction of sp³-hybridized carbons (Fsp3) is 0.450. The van der Waals surface area contributed by atoms with Crippen LogP contribution in [0.25, 0.3) is 11.3 Å². The van der Waals surface area contributed by atoms with Gasteiger partial charge in [0.1, 0.15) is 0 Å². The smallest absolute Gasteiger partial charge is 0.251 e. The maximum absolute atomic E-state index is 12.3. The fourth-order valence-electron chi connectivity index (χ4n) is 3.39. The van der Waals surface area contributed by atoms with E-state index in [9.17, 15) is 4.79 Å². The van der Waals surface area contributed by atoms with Crippen molar-refractivity contribution in [2.24, 2.45) is 0 Å². The molecule has 132 valence electrons. The molecule has 5 nitrogen and oxygen atoms in total. The molecule has 1 amide bonds. The average Bonchev–Trinajstić information content (AvgIpc) is 3.02. The molecule has 0 spiro atoms. The van der Waals surface area contributed by atoms with E-state index in [1.165, 1.54) is 19.4 Å². The number of likely N-dealkylation sites (tertiary alicyclic amines) is 1. The molecule has 1 fully saturated rings. The summed E-state index contributed by atoms with van der Waals surface area (Å²) in [7, 11) is 2.16. The van der Waals surface area contributed by atoms with E-state index in [4.69, 9.17) is 0 Å². The van der Waals surface area contributed by atoms with Crippen LogP contribution in [0.2, 0.25) is 0 Å². The van der Waals surface area contributed by atoms with Crippen LogP contribution < -0.4 is 5.32 Å². The minimum Gasteiger partial charge on any atom is -0.352 e. The normalized spacial score (nSPS) is 17.6. The predicted octanol–water partition coefficient (Wildman–Crippen LogP) is 2.97. The zero-order valence-electron chi connectivity index (χ0n) is 15.2. The van der Waals surface area contributed by atoms with Crippen LogP contribution >= 0.6 is 0 Å². The average molecular weight is 338 g/mol. The summed E-state index contributed by atoms with van der Waals surface area (Å²) in [4.78, 5) is 23.6. The first kappa shape index (κ1) is 17.5. The molecule has 1 aromatic heterocycles. The van der Waals surface area contributed by atoms with Crippen molar-refractivity contribution in [3.8, 4) is 11.3 Å². The Morgan fingerprint density at radius 2 is 2.04 bits per heavy atom. The first-order chi connectivity index (χ1) is 12.0. The van der Waals surface area contributed by atoms with E-state index in [2.05, 4.69) is 27.2 Å². The Morgan fingerprint density at radius 3 is 2.72 bits per heavy atom. The van der Waals surface area contributed by atoms with Gasteiger partial charge in [-0.3, -0.25) is 9.78 Å². The first-order valence-electron chi connectivity index (χ1n) is 8.93.